The molecule has 2 rings (SSSR count). The number of benzene rings is 1. The lowest BCUT2D eigenvalue weighted by atomic mass is 9.94. The summed E-state index contributed by atoms with van der Waals surface area (Å²) in [5.41, 5.74) is 6.36. The molecule has 0 aromatic heterocycles. The van der Waals surface area contributed by atoms with Crippen molar-refractivity contribution in [1.29, 1.82) is 0 Å². The Kier molecular flexibility index (Phi) is 6.66. The third kappa shape index (κ3) is 5.22. The number of ether oxygens (including phenoxy) is 1. The molecule has 28 heavy (non-hydrogen) atoms. The Morgan fingerprint density at radius 2 is 1.93 bits per heavy atom. The molecule has 0 bridgehead atoms. The number of fused-ring (bicyclic) bond motifs is 1. The number of anilines is 2. The molecule has 0 radical (unpaired) electrons. The zero-order valence-corrected chi connectivity index (χ0v) is 17.2. The van der Waals surface area contributed by atoms with Crippen molar-refractivity contribution in [2.75, 3.05) is 29.9 Å². The molecule has 1 aromatic rings. The fraction of sp³-hybridized carbons (Fsp3) is 0.550. The smallest absolute Gasteiger partial charge is 0.243 e. The summed E-state index contributed by atoms with van der Waals surface area (Å²) in [5.74, 6) is -0.191. The van der Waals surface area contributed by atoms with Crippen LogP contribution >= 0.6 is 0 Å². The van der Waals surface area contributed by atoms with Crippen LogP contribution in [-0.4, -0.2) is 43.5 Å². The zero-order valence-electron chi connectivity index (χ0n) is 17.2. The van der Waals surface area contributed by atoms with Gasteiger partial charge in [0.1, 0.15) is 12.4 Å². The number of carbonyl (C=O) groups excluding carboxylic acids is 3. The van der Waals surface area contributed by atoms with Crippen LogP contribution in [-0.2, 0) is 14.4 Å². The first-order valence-corrected chi connectivity index (χ1v) is 9.42. The van der Waals surface area contributed by atoms with E-state index in [1.165, 1.54) is 0 Å². The molecule has 0 fully saturated rings. The fourth-order valence-electron chi connectivity index (χ4n) is 2.70. The van der Waals surface area contributed by atoms with Gasteiger partial charge in [-0.3, -0.25) is 14.4 Å². The van der Waals surface area contributed by atoms with Crippen LogP contribution < -0.4 is 26.0 Å². The predicted octanol–water partition coefficient (Wildman–Crippen LogP) is 1.50. The van der Waals surface area contributed by atoms with Crippen molar-refractivity contribution in [3.63, 3.8) is 0 Å². The molecule has 0 spiro atoms. The predicted molar refractivity (Wildman–Crippen MR) is 108 cm³/mol. The van der Waals surface area contributed by atoms with Crippen LogP contribution in [0.3, 0.4) is 0 Å². The van der Waals surface area contributed by atoms with Gasteiger partial charge >= 0.3 is 0 Å². The monoisotopic (exact) mass is 390 g/mol. The number of hydrogen-bond donors (Lipinski definition) is 3. The van der Waals surface area contributed by atoms with E-state index in [4.69, 9.17) is 10.5 Å². The van der Waals surface area contributed by atoms with Crippen molar-refractivity contribution in [2.45, 2.75) is 40.7 Å². The molecule has 0 aliphatic carbocycles. The SMILES string of the molecule is CC(C)[C@H](N)C(=O)NCC(=O)Nc1ccc2c(c1)N(C(=O)C(C)(C)C)CCO2. The van der Waals surface area contributed by atoms with Gasteiger partial charge in [-0.1, -0.05) is 34.6 Å². The lowest BCUT2D eigenvalue weighted by Gasteiger charge is -2.34. The van der Waals surface area contributed by atoms with Crippen LogP contribution in [0.25, 0.3) is 0 Å². The molecule has 1 aliphatic rings. The average Bonchev–Trinajstić information content (AvgIpc) is 2.63. The summed E-state index contributed by atoms with van der Waals surface area (Å²) < 4.78 is 5.63. The maximum atomic E-state index is 12.7. The summed E-state index contributed by atoms with van der Waals surface area (Å²) in [6.45, 7) is 9.94. The molecule has 3 amide bonds. The molecule has 1 aliphatic heterocycles. The highest BCUT2D eigenvalue weighted by atomic mass is 16.5. The molecule has 0 unspecified atom stereocenters. The normalized spacial score (nSPS) is 14.8. The van der Waals surface area contributed by atoms with E-state index in [2.05, 4.69) is 10.6 Å². The third-order valence-electron chi connectivity index (χ3n) is 4.44. The molecule has 1 aromatic carbocycles. The number of nitrogens with one attached hydrogen (secondary N) is 2. The Balaban J connectivity index is 2.07. The first-order chi connectivity index (χ1) is 13.0. The highest BCUT2D eigenvalue weighted by Gasteiger charge is 2.32. The van der Waals surface area contributed by atoms with Crippen molar-refractivity contribution >= 4 is 29.1 Å². The van der Waals surface area contributed by atoms with Crippen molar-refractivity contribution in [2.24, 2.45) is 17.1 Å². The third-order valence-corrected chi connectivity index (χ3v) is 4.44. The molecule has 8 nitrogen and oxygen atoms in total. The first-order valence-electron chi connectivity index (χ1n) is 9.42. The Morgan fingerprint density at radius 3 is 2.54 bits per heavy atom. The average molecular weight is 390 g/mol. The zero-order chi connectivity index (χ0) is 21.1. The van der Waals surface area contributed by atoms with Crippen molar-refractivity contribution in [1.82, 2.24) is 5.32 Å². The van der Waals surface area contributed by atoms with Crippen LogP contribution in [0.15, 0.2) is 18.2 Å². The number of carbonyl (C=O) groups is 3. The summed E-state index contributed by atoms with van der Waals surface area (Å²) in [5, 5.41) is 5.25. The van der Waals surface area contributed by atoms with Gasteiger partial charge in [-0.2, -0.15) is 0 Å². The summed E-state index contributed by atoms with van der Waals surface area (Å²) in [6, 6.07) is 4.47. The highest BCUT2D eigenvalue weighted by molar-refractivity contribution is 6.00. The minimum atomic E-state index is -0.661. The highest BCUT2D eigenvalue weighted by Crippen LogP contribution is 2.36. The Hall–Kier alpha value is -2.61. The molecule has 1 atom stereocenters. The van der Waals surface area contributed by atoms with Gasteiger partial charge in [0.2, 0.25) is 17.7 Å². The van der Waals surface area contributed by atoms with Crippen LogP contribution in [0.1, 0.15) is 34.6 Å². The Labute approximate surface area is 165 Å². The molecule has 8 heteroatoms. The quantitative estimate of drug-likeness (QED) is 0.705. The van der Waals surface area contributed by atoms with Gasteiger partial charge in [-0.05, 0) is 24.1 Å². The standard InChI is InChI=1S/C20H30N4O4/c1-12(2)17(21)18(26)22-11-16(25)23-13-6-7-15-14(10-13)24(8-9-28-15)19(27)20(3,4)5/h6-7,10,12,17H,8-9,11,21H2,1-5H3,(H,22,26)(H,23,25)/t17-/m0/s1. The van der Waals surface area contributed by atoms with Gasteiger partial charge in [-0.25, -0.2) is 0 Å². The fourth-order valence-corrected chi connectivity index (χ4v) is 2.70. The summed E-state index contributed by atoms with van der Waals surface area (Å²) in [4.78, 5) is 38.5. The van der Waals surface area contributed by atoms with Crippen LogP contribution in [0.4, 0.5) is 11.4 Å². The summed E-state index contributed by atoms with van der Waals surface area (Å²) in [6.07, 6.45) is 0. The van der Waals surface area contributed by atoms with Crippen molar-refractivity contribution in [3.8, 4) is 5.75 Å². The van der Waals surface area contributed by atoms with E-state index < -0.39 is 11.5 Å². The van der Waals surface area contributed by atoms with Crippen molar-refractivity contribution in [3.05, 3.63) is 18.2 Å². The number of nitrogens with two attached hydrogens (primary N) is 1. The first kappa shape index (κ1) is 21.7. The van der Waals surface area contributed by atoms with Gasteiger partial charge in [0.25, 0.3) is 0 Å². The molecular weight excluding hydrogens is 360 g/mol. The maximum absolute atomic E-state index is 12.7. The van der Waals surface area contributed by atoms with E-state index in [0.717, 1.165) is 0 Å². The minimum Gasteiger partial charge on any atom is -0.490 e. The molecular formula is C20H30N4O4. The molecule has 154 valence electrons. The second kappa shape index (κ2) is 8.60. The maximum Gasteiger partial charge on any atom is 0.243 e. The van der Waals surface area contributed by atoms with Crippen LogP contribution in [0, 0.1) is 11.3 Å². The molecule has 0 saturated heterocycles. The molecule has 0 saturated carbocycles. The van der Waals surface area contributed by atoms with E-state index in [-0.39, 0.29) is 30.2 Å². The second-order valence-corrected chi connectivity index (χ2v) is 8.27. The van der Waals surface area contributed by atoms with Crippen LogP contribution in [0.2, 0.25) is 0 Å². The molecule has 4 N–H and O–H groups in total. The van der Waals surface area contributed by atoms with Crippen LogP contribution in [0.5, 0.6) is 5.75 Å². The lowest BCUT2D eigenvalue weighted by Crippen LogP contribution is -2.46. The number of amides is 3. The van der Waals surface area contributed by atoms with Gasteiger partial charge in [-0.15, -0.1) is 0 Å². The molecule has 1 heterocycles. The Morgan fingerprint density at radius 1 is 1.25 bits per heavy atom. The van der Waals surface area contributed by atoms with E-state index in [1.807, 2.05) is 34.6 Å². The van der Waals surface area contributed by atoms with Gasteiger partial charge < -0.3 is 26.0 Å². The Bertz CT molecular complexity index is 755. The van der Waals surface area contributed by atoms with Gasteiger partial charge in [0.05, 0.1) is 24.8 Å². The lowest BCUT2D eigenvalue weighted by molar-refractivity contribution is -0.126. The van der Waals surface area contributed by atoms with Gasteiger partial charge in [0.15, 0.2) is 0 Å². The van der Waals surface area contributed by atoms with E-state index in [9.17, 15) is 14.4 Å². The van der Waals surface area contributed by atoms with Gasteiger partial charge in [0, 0.05) is 11.1 Å². The number of nitrogens with zero attached hydrogens (tertiary/aromatic N) is 1. The minimum absolute atomic E-state index is 0.0181. The van der Waals surface area contributed by atoms with E-state index in [0.29, 0.717) is 30.3 Å². The largest absolute Gasteiger partial charge is 0.490 e. The van der Waals surface area contributed by atoms with Crippen molar-refractivity contribution < 1.29 is 19.1 Å². The topological polar surface area (TPSA) is 114 Å². The van der Waals surface area contributed by atoms with E-state index >= 15 is 0 Å². The summed E-state index contributed by atoms with van der Waals surface area (Å²) in [7, 11) is 0. The summed E-state index contributed by atoms with van der Waals surface area (Å²) >= 11 is 0. The second-order valence-electron chi connectivity index (χ2n) is 8.27. The number of rotatable bonds is 5. The number of hydrogen-bond acceptors (Lipinski definition) is 5. The van der Waals surface area contributed by atoms with E-state index in [1.54, 1.807) is 23.1 Å².